The number of carbonyl (C=O) groups is 1. The van der Waals surface area contributed by atoms with Gasteiger partial charge in [0.1, 0.15) is 11.5 Å². The van der Waals surface area contributed by atoms with E-state index in [-0.39, 0.29) is 17.4 Å². The van der Waals surface area contributed by atoms with Crippen LogP contribution in [0.1, 0.15) is 28.8 Å². The van der Waals surface area contributed by atoms with Crippen molar-refractivity contribution in [3.8, 4) is 6.07 Å². The number of fused-ring (bicyclic) bond motifs is 1. The summed E-state index contributed by atoms with van der Waals surface area (Å²) in [6.45, 7) is 2.03. The average Bonchev–Trinajstić information content (AvgIpc) is 3.30. The monoisotopic (exact) mass is 373 g/mol. The molecule has 1 saturated heterocycles. The highest BCUT2D eigenvalue weighted by Crippen LogP contribution is 2.46. The van der Waals surface area contributed by atoms with Crippen LogP contribution in [-0.2, 0) is 0 Å². The second-order valence-electron chi connectivity index (χ2n) is 7.44. The Kier molecular flexibility index (Phi) is 3.52. The average molecular weight is 373 g/mol. The number of carbonyl (C=O) groups excluding carboxylic acids is 1. The number of piperazine rings is 1. The molecule has 0 unspecified atom stereocenters. The van der Waals surface area contributed by atoms with Crippen molar-refractivity contribution in [2.45, 2.75) is 18.4 Å². The predicted octanol–water partition coefficient (Wildman–Crippen LogP) is 1.91. The fourth-order valence-corrected chi connectivity index (χ4v) is 4.07. The van der Waals surface area contributed by atoms with E-state index in [1.54, 1.807) is 24.3 Å². The molecule has 2 aliphatic rings. The van der Waals surface area contributed by atoms with Crippen molar-refractivity contribution in [2.24, 2.45) is 0 Å². The maximum atomic E-state index is 13.1. The number of aromatic amines is 1. The zero-order chi connectivity index (χ0) is 19.3. The standard InChI is InChI=1S/C20H19N7O/c21-11-13-1-3-14(4-2-13)18(28)27-10-9-26(12-20(27)6-7-20)17-15-5-8-23-16(15)24-19(22)25-17/h1-5,8H,6-7,9-10,12H2,(H3,22,23,24,25). The summed E-state index contributed by atoms with van der Waals surface area (Å²) in [6, 6.07) is 10.9. The van der Waals surface area contributed by atoms with Gasteiger partial charge < -0.3 is 20.5 Å². The first-order valence-corrected chi connectivity index (χ1v) is 9.27. The minimum Gasteiger partial charge on any atom is -0.368 e. The molecule has 1 spiro atoms. The molecule has 2 fully saturated rings. The number of H-pyrrole nitrogens is 1. The Bertz CT molecular complexity index is 1110. The van der Waals surface area contributed by atoms with Crippen molar-refractivity contribution in [1.29, 1.82) is 5.26 Å². The summed E-state index contributed by atoms with van der Waals surface area (Å²) < 4.78 is 0. The normalized spacial score (nSPS) is 17.7. The Morgan fingerprint density at radius 3 is 2.68 bits per heavy atom. The molecule has 3 aromatic rings. The van der Waals surface area contributed by atoms with Crippen LogP contribution in [0, 0.1) is 11.3 Å². The molecule has 0 bridgehead atoms. The van der Waals surface area contributed by atoms with Crippen LogP contribution in [0.25, 0.3) is 11.0 Å². The van der Waals surface area contributed by atoms with Gasteiger partial charge in [-0.2, -0.15) is 15.2 Å². The van der Waals surface area contributed by atoms with E-state index < -0.39 is 0 Å². The molecular formula is C20H19N7O. The van der Waals surface area contributed by atoms with Crippen LogP contribution < -0.4 is 10.6 Å². The summed E-state index contributed by atoms with van der Waals surface area (Å²) in [5, 5.41) is 9.89. The minimum atomic E-state index is -0.161. The van der Waals surface area contributed by atoms with Gasteiger partial charge in [-0.3, -0.25) is 4.79 Å². The lowest BCUT2D eigenvalue weighted by Crippen LogP contribution is -2.57. The molecule has 1 aromatic carbocycles. The number of nitrogens with one attached hydrogen (secondary N) is 1. The number of amides is 1. The molecule has 3 N–H and O–H groups in total. The molecule has 3 heterocycles. The summed E-state index contributed by atoms with van der Waals surface area (Å²) in [6.07, 6.45) is 3.78. The van der Waals surface area contributed by atoms with Gasteiger partial charge in [0, 0.05) is 31.4 Å². The fraction of sp³-hybridized carbons (Fsp3) is 0.300. The summed E-state index contributed by atoms with van der Waals surface area (Å²) >= 11 is 0. The van der Waals surface area contributed by atoms with Gasteiger partial charge in [0.25, 0.3) is 5.91 Å². The molecule has 8 heteroatoms. The van der Waals surface area contributed by atoms with Crippen molar-refractivity contribution >= 4 is 28.7 Å². The molecule has 140 valence electrons. The van der Waals surface area contributed by atoms with E-state index in [4.69, 9.17) is 11.0 Å². The maximum absolute atomic E-state index is 13.1. The van der Waals surface area contributed by atoms with Crippen LogP contribution >= 0.6 is 0 Å². The second kappa shape index (κ2) is 5.96. The van der Waals surface area contributed by atoms with Gasteiger partial charge in [0.15, 0.2) is 0 Å². The number of hydrogen-bond acceptors (Lipinski definition) is 6. The summed E-state index contributed by atoms with van der Waals surface area (Å²) in [4.78, 5) is 29.1. The van der Waals surface area contributed by atoms with Crippen LogP contribution in [0.5, 0.6) is 0 Å². The molecule has 0 radical (unpaired) electrons. The van der Waals surface area contributed by atoms with E-state index in [2.05, 4.69) is 25.9 Å². The first kappa shape index (κ1) is 16.6. The highest BCUT2D eigenvalue weighted by Gasteiger charge is 2.53. The lowest BCUT2D eigenvalue weighted by atomic mass is 10.1. The molecule has 28 heavy (non-hydrogen) atoms. The third-order valence-corrected chi connectivity index (χ3v) is 5.70. The first-order chi connectivity index (χ1) is 13.6. The van der Waals surface area contributed by atoms with Crippen LogP contribution in [-0.4, -0.2) is 50.9 Å². The lowest BCUT2D eigenvalue weighted by molar-refractivity contribution is 0.0624. The topological polar surface area (TPSA) is 115 Å². The molecular weight excluding hydrogens is 354 g/mol. The molecule has 1 saturated carbocycles. The van der Waals surface area contributed by atoms with E-state index in [0.717, 1.165) is 36.2 Å². The van der Waals surface area contributed by atoms with Crippen molar-refractivity contribution < 1.29 is 4.79 Å². The van der Waals surface area contributed by atoms with Gasteiger partial charge in [0.2, 0.25) is 5.95 Å². The Morgan fingerprint density at radius 1 is 1.18 bits per heavy atom. The molecule has 0 atom stereocenters. The van der Waals surface area contributed by atoms with Gasteiger partial charge in [-0.1, -0.05) is 0 Å². The van der Waals surface area contributed by atoms with Gasteiger partial charge in [-0.15, -0.1) is 0 Å². The van der Waals surface area contributed by atoms with Gasteiger partial charge in [-0.05, 0) is 43.2 Å². The van der Waals surface area contributed by atoms with E-state index in [0.29, 0.717) is 24.2 Å². The van der Waals surface area contributed by atoms with Crippen LogP contribution in [0.2, 0.25) is 0 Å². The van der Waals surface area contributed by atoms with Crippen molar-refractivity contribution in [3.63, 3.8) is 0 Å². The SMILES string of the molecule is N#Cc1ccc(C(=O)N2CCN(c3nc(N)nc4[nH]ccc34)CC23CC3)cc1. The predicted molar refractivity (Wildman–Crippen MR) is 105 cm³/mol. The number of nitrogen functional groups attached to an aromatic ring is 1. The van der Waals surface area contributed by atoms with Crippen LogP contribution in [0.15, 0.2) is 36.5 Å². The summed E-state index contributed by atoms with van der Waals surface area (Å²) in [5.74, 6) is 1.09. The minimum absolute atomic E-state index is 0.0237. The third-order valence-electron chi connectivity index (χ3n) is 5.70. The van der Waals surface area contributed by atoms with Gasteiger partial charge in [-0.25, -0.2) is 0 Å². The van der Waals surface area contributed by atoms with E-state index in [1.165, 1.54) is 0 Å². The Hall–Kier alpha value is -3.60. The number of anilines is 2. The van der Waals surface area contributed by atoms with E-state index >= 15 is 0 Å². The summed E-state index contributed by atoms with van der Waals surface area (Å²) in [7, 11) is 0. The zero-order valence-corrected chi connectivity index (χ0v) is 15.2. The largest absolute Gasteiger partial charge is 0.368 e. The van der Waals surface area contributed by atoms with Crippen molar-refractivity contribution in [2.75, 3.05) is 30.3 Å². The fourth-order valence-electron chi connectivity index (χ4n) is 4.07. The maximum Gasteiger partial charge on any atom is 0.254 e. The summed E-state index contributed by atoms with van der Waals surface area (Å²) in [5.41, 5.74) is 7.64. The quantitative estimate of drug-likeness (QED) is 0.709. The Morgan fingerprint density at radius 2 is 1.96 bits per heavy atom. The van der Waals surface area contributed by atoms with Gasteiger partial charge in [0.05, 0.1) is 22.6 Å². The van der Waals surface area contributed by atoms with Crippen molar-refractivity contribution in [1.82, 2.24) is 19.9 Å². The lowest BCUT2D eigenvalue weighted by Gasteiger charge is -2.43. The highest BCUT2D eigenvalue weighted by atomic mass is 16.2. The third kappa shape index (κ3) is 2.55. The van der Waals surface area contributed by atoms with Gasteiger partial charge >= 0.3 is 0 Å². The Labute approximate surface area is 161 Å². The number of nitrogens with zero attached hydrogens (tertiary/aromatic N) is 5. The number of nitriles is 1. The molecule has 1 amide bonds. The molecule has 5 rings (SSSR count). The Balaban J connectivity index is 1.42. The first-order valence-electron chi connectivity index (χ1n) is 9.27. The number of benzene rings is 1. The van der Waals surface area contributed by atoms with E-state index in [9.17, 15) is 4.79 Å². The van der Waals surface area contributed by atoms with Crippen LogP contribution in [0.4, 0.5) is 11.8 Å². The zero-order valence-electron chi connectivity index (χ0n) is 15.2. The molecule has 2 aromatic heterocycles. The smallest absolute Gasteiger partial charge is 0.254 e. The van der Waals surface area contributed by atoms with E-state index in [1.807, 2.05) is 17.2 Å². The highest BCUT2D eigenvalue weighted by molar-refractivity contribution is 5.95. The van der Waals surface area contributed by atoms with Crippen molar-refractivity contribution in [3.05, 3.63) is 47.7 Å². The second-order valence-corrected chi connectivity index (χ2v) is 7.44. The number of rotatable bonds is 2. The number of aromatic nitrogens is 3. The number of hydrogen-bond donors (Lipinski definition) is 2. The molecule has 1 aliphatic carbocycles. The number of nitrogens with two attached hydrogens (primary N) is 1. The molecule has 8 nitrogen and oxygen atoms in total. The molecule has 1 aliphatic heterocycles. The van der Waals surface area contributed by atoms with Crippen LogP contribution in [0.3, 0.4) is 0 Å².